The van der Waals surface area contributed by atoms with Crippen molar-refractivity contribution in [2.24, 2.45) is 0 Å². The normalized spacial score (nSPS) is 12.3. The van der Waals surface area contributed by atoms with Crippen LogP contribution in [0.15, 0.2) is 164 Å². The molecule has 0 unspecified atom stereocenters. The van der Waals surface area contributed by atoms with Crippen LogP contribution >= 0.6 is 34.3 Å². The van der Waals surface area contributed by atoms with Gasteiger partial charge >= 0.3 is 0 Å². The van der Waals surface area contributed by atoms with E-state index < -0.39 is 0 Å². The monoisotopic (exact) mass is 782 g/mol. The average molecular weight is 783 g/mol. The van der Waals surface area contributed by atoms with E-state index in [2.05, 4.69) is 173 Å². The predicted molar refractivity (Wildman–Crippen MR) is 244 cm³/mol. The largest absolute Gasteiger partial charge is 0.309 e. The third-order valence-corrected chi connectivity index (χ3v) is 14.1. The number of para-hydroxylation sites is 2. The quantitative estimate of drug-likeness (QED) is 0.167. The van der Waals surface area contributed by atoms with Gasteiger partial charge in [-0.05, 0) is 77.3 Å². The second kappa shape index (κ2) is 11.7. The molecule has 0 fully saturated rings. The highest BCUT2D eigenvalue weighted by Gasteiger charge is 2.25. The first-order valence-electron chi connectivity index (χ1n) is 18.9. The summed E-state index contributed by atoms with van der Waals surface area (Å²) in [4.78, 5) is 10.7. The first-order chi connectivity index (χ1) is 28.2. The van der Waals surface area contributed by atoms with Gasteiger partial charge in [-0.15, -0.1) is 22.7 Å². The summed E-state index contributed by atoms with van der Waals surface area (Å²) < 4.78 is 8.48. The molecule has 0 radical (unpaired) electrons. The molecule has 0 atom stereocenters. The fraction of sp³-hybridized carbons (Fsp3) is 0. The fourth-order valence-corrected chi connectivity index (χ4v) is 11.9. The van der Waals surface area contributed by atoms with E-state index in [1.165, 1.54) is 69.1 Å². The van der Waals surface area contributed by atoms with Crippen LogP contribution in [0.5, 0.6) is 0 Å². The summed E-state index contributed by atoms with van der Waals surface area (Å²) in [5.74, 6) is 0.800. The molecule has 13 rings (SSSR count). The van der Waals surface area contributed by atoms with Crippen LogP contribution in [0.25, 0.3) is 117 Å². The summed E-state index contributed by atoms with van der Waals surface area (Å²) in [7, 11) is 0. The molecule has 0 aliphatic carbocycles. The van der Waals surface area contributed by atoms with Crippen LogP contribution < -0.4 is 0 Å². The summed E-state index contributed by atoms with van der Waals surface area (Å²) in [5.41, 5.74) is 8.08. The Kier molecular flexibility index (Phi) is 6.50. The number of rotatable bonds is 3. The van der Waals surface area contributed by atoms with Crippen LogP contribution in [0.2, 0.25) is 5.28 Å². The zero-order valence-electron chi connectivity index (χ0n) is 30.1. The van der Waals surface area contributed by atoms with E-state index in [-0.39, 0.29) is 5.28 Å². The van der Waals surface area contributed by atoms with E-state index in [0.717, 1.165) is 48.4 Å². The summed E-state index contributed by atoms with van der Waals surface area (Å²) in [6.45, 7) is 0. The Morgan fingerprint density at radius 1 is 0.421 bits per heavy atom. The molecule has 266 valence electrons. The van der Waals surface area contributed by atoms with Gasteiger partial charge in [-0.25, -0.2) is 4.98 Å². The first-order valence-corrected chi connectivity index (χ1v) is 20.9. The van der Waals surface area contributed by atoms with Gasteiger partial charge in [0.25, 0.3) is 0 Å². The summed E-state index contributed by atoms with van der Waals surface area (Å²) >= 11 is 10.4. The number of fused-ring (bicyclic) bond motifs is 16. The van der Waals surface area contributed by atoms with Crippen LogP contribution in [0.4, 0.5) is 0 Å². The predicted octanol–water partition coefficient (Wildman–Crippen LogP) is 14.9. The van der Waals surface area contributed by atoms with E-state index in [9.17, 15) is 0 Å². The van der Waals surface area contributed by atoms with Crippen LogP contribution in [-0.4, -0.2) is 19.1 Å². The molecule has 0 saturated carbocycles. The van der Waals surface area contributed by atoms with Crippen LogP contribution in [0.3, 0.4) is 0 Å². The maximum Gasteiger partial charge on any atom is 0.225 e. The van der Waals surface area contributed by atoms with Crippen molar-refractivity contribution in [1.29, 1.82) is 0 Å². The minimum absolute atomic E-state index is 0.241. The molecular formula is C50H27ClN4S2. The highest BCUT2D eigenvalue weighted by molar-refractivity contribution is 7.27. The van der Waals surface area contributed by atoms with Gasteiger partial charge in [-0.2, -0.15) is 4.98 Å². The van der Waals surface area contributed by atoms with Gasteiger partial charge in [0.05, 0.1) is 27.5 Å². The Morgan fingerprint density at radius 3 is 1.77 bits per heavy atom. The molecule has 5 heterocycles. The summed E-state index contributed by atoms with van der Waals surface area (Å²) in [5, 5.41) is 12.2. The second-order valence-electron chi connectivity index (χ2n) is 14.7. The van der Waals surface area contributed by atoms with Crippen molar-refractivity contribution >= 4 is 129 Å². The topological polar surface area (TPSA) is 35.6 Å². The van der Waals surface area contributed by atoms with Gasteiger partial charge in [0.15, 0.2) is 5.82 Å². The maximum atomic E-state index is 6.85. The highest BCUT2D eigenvalue weighted by Crippen LogP contribution is 2.50. The number of hydrogen-bond acceptors (Lipinski definition) is 4. The van der Waals surface area contributed by atoms with Crippen molar-refractivity contribution in [3.63, 3.8) is 0 Å². The van der Waals surface area contributed by atoms with Crippen molar-refractivity contribution in [2.75, 3.05) is 0 Å². The number of halogens is 1. The standard InChI is InChI=1S/C50H27ClN4S2/c51-50-52-48(45-35-18-8-11-21-42(35)57-49(45)53-50)55-40-25-23-29(28-22-24-39-36(26-28)31-14-6-9-19-38(31)54(39)30-12-2-1-3-13-30)27-37(40)43-44-34-17-7-10-20-41(34)56-47(44)33-16-5-4-15-32(33)46(43)55/h1-27H. The molecule has 8 aromatic carbocycles. The van der Waals surface area contributed by atoms with Crippen molar-refractivity contribution < 1.29 is 0 Å². The van der Waals surface area contributed by atoms with Crippen molar-refractivity contribution in [3.8, 4) is 22.6 Å². The molecule has 5 aromatic heterocycles. The second-order valence-corrected chi connectivity index (χ2v) is 17.1. The number of hydrogen-bond donors (Lipinski definition) is 0. The lowest BCUT2D eigenvalue weighted by atomic mass is 9.97. The first kappa shape index (κ1) is 31.6. The minimum atomic E-state index is 0.241. The van der Waals surface area contributed by atoms with E-state index >= 15 is 0 Å². The van der Waals surface area contributed by atoms with Crippen LogP contribution in [-0.2, 0) is 0 Å². The van der Waals surface area contributed by atoms with Gasteiger partial charge in [-0.3, -0.25) is 4.57 Å². The number of benzene rings is 8. The van der Waals surface area contributed by atoms with Gasteiger partial charge in [-0.1, -0.05) is 109 Å². The van der Waals surface area contributed by atoms with Gasteiger partial charge in [0.2, 0.25) is 5.28 Å². The third-order valence-electron chi connectivity index (χ3n) is 11.7. The summed E-state index contributed by atoms with van der Waals surface area (Å²) in [6.07, 6.45) is 0. The molecule has 0 aliphatic rings. The Morgan fingerprint density at radius 2 is 1.00 bits per heavy atom. The molecule has 0 aliphatic heterocycles. The smallest absolute Gasteiger partial charge is 0.225 e. The number of thiophene rings is 2. The highest BCUT2D eigenvalue weighted by atomic mass is 35.5. The molecule has 0 amide bonds. The van der Waals surface area contributed by atoms with Crippen molar-refractivity contribution in [1.82, 2.24) is 19.1 Å². The lowest BCUT2D eigenvalue weighted by Gasteiger charge is -2.12. The minimum Gasteiger partial charge on any atom is -0.309 e. The van der Waals surface area contributed by atoms with E-state index in [4.69, 9.17) is 21.6 Å². The molecule has 7 heteroatoms. The average Bonchev–Trinajstić information content (AvgIpc) is 4.01. The van der Waals surface area contributed by atoms with E-state index in [1.54, 1.807) is 11.3 Å². The Labute approximate surface area is 338 Å². The van der Waals surface area contributed by atoms with Crippen LogP contribution in [0.1, 0.15) is 0 Å². The van der Waals surface area contributed by atoms with Crippen molar-refractivity contribution in [3.05, 3.63) is 169 Å². The molecule has 0 N–H and O–H groups in total. The van der Waals surface area contributed by atoms with Crippen LogP contribution in [0, 0.1) is 0 Å². The zero-order chi connectivity index (χ0) is 37.4. The molecule has 0 saturated heterocycles. The lowest BCUT2D eigenvalue weighted by molar-refractivity contribution is 1.08. The summed E-state index contributed by atoms with van der Waals surface area (Å²) in [6, 6.07) is 59.4. The lowest BCUT2D eigenvalue weighted by Crippen LogP contribution is -2.00. The Hall–Kier alpha value is -6.57. The maximum absolute atomic E-state index is 6.85. The molecule has 13 aromatic rings. The Balaban J connectivity index is 1.18. The van der Waals surface area contributed by atoms with Gasteiger partial charge in [0.1, 0.15) is 4.83 Å². The zero-order valence-corrected chi connectivity index (χ0v) is 32.5. The SMILES string of the molecule is Clc1nc(-n2c3ccc(-c4ccc5c(c4)c4ccccc4n5-c4ccccc4)cc3c3c4c5ccccc5sc4c4ccccc4c32)c2c(n1)sc1ccccc12. The van der Waals surface area contributed by atoms with E-state index in [1.807, 2.05) is 11.3 Å². The molecule has 57 heavy (non-hydrogen) atoms. The third kappa shape index (κ3) is 4.37. The molecule has 0 bridgehead atoms. The van der Waals surface area contributed by atoms with E-state index in [0.29, 0.717) is 0 Å². The molecular weight excluding hydrogens is 756 g/mol. The van der Waals surface area contributed by atoms with Crippen molar-refractivity contribution in [2.45, 2.75) is 0 Å². The van der Waals surface area contributed by atoms with Gasteiger partial charge < -0.3 is 4.57 Å². The Bertz CT molecular complexity index is 3830. The fourth-order valence-electron chi connectivity index (χ4n) is 9.32. The number of nitrogens with zero attached hydrogens (tertiary/aromatic N) is 4. The van der Waals surface area contributed by atoms with Gasteiger partial charge in [0, 0.05) is 68.3 Å². The molecule has 0 spiro atoms. The number of aromatic nitrogens is 4. The molecule has 4 nitrogen and oxygen atoms in total.